The second kappa shape index (κ2) is 9.85. The van der Waals surface area contributed by atoms with Crippen molar-refractivity contribution in [3.63, 3.8) is 0 Å². The van der Waals surface area contributed by atoms with Crippen LogP contribution in [0.25, 0.3) is 11.0 Å². The van der Waals surface area contributed by atoms with E-state index in [2.05, 4.69) is 20.2 Å². The maximum atomic E-state index is 13.6. The van der Waals surface area contributed by atoms with E-state index in [0.29, 0.717) is 35.8 Å². The number of aromatic nitrogens is 2. The topological polar surface area (TPSA) is 92.0 Å². The molecule has 3 aromatic rings. The highest BCUT2D eigenvalue weighted by atomic mass is 19.1. The van der Waals surface area contributed by atoms with E-state index in [0.717, 1.165) is 32.0 Å². The van der Waals surface area contributed by atoms with E-state index in [9.17, 15) is 9.18 Å². The number of hydrogen-bond donors (Lipinski definition) is 2. The summed E-state index contributed by atoms with van der Waals surface area (Å²) in [6.07, 6.45) is -0.744. The lowest BCUT2D eigenvalue weighted by Crippen LogP contribution is -2.37. The molecule has 0 saturated carbocycles. The number of hydrogen-bond acceptors (Lipinski definition) is 7. The summed E-state index contributed by atoms with van der Waals surface area (Å²) in [5, 5.41) is 3.35. The Morgan fingerprint density at radius 3 is 2.61 bits per heavy atom. The van der Waals surface area contributed by atoms with Crippen molar-refractivity contribution < 1.29 is 23.4 Å². The van der Waals surface area contributed by atoms with Crippen molar-refractivity contribution in [3.05, 3.63) is 48.3 Å². The van der Waals surface area contributed by atoms with Crippen LogP contribution in [-0.4, -0.2) is 78.1 Å². The fraction of sp³-hybridized carbons (Fsp3) is 0.462. The first-order valence-electron chi connectivity index (χ1n) is 12.2. The summed E-state index contributed by atoms with van der Waals surface area (Å²) < 4.78 is 31.0. The van der Waals surface area contributed by atoms with Crippen molar-refractivity contribution in [2.45, 2.75) is 38.5 Å². The number of imidazole rings is 1. The molecule has 2 atom stereocenters. The van der Waals surface area contributed by atoms with Crippen LogP contribution in [0.15, 0.2) is 42.5 Å². The number of carbonyl (C=O) groups excluding carboxylic acids is 1. The molecule has 3 heterocycles. The van der Waals surface area contributed by atoms with Crippen LogP contribution in [0.3, 0.4) is 0 Å². The number of rotatable bonds is 5. The number of fused-ring (bicyclic) bond motifs is 1. The van der Waals surface area contributed by atoms with Crippen molar-refractivity contribution in [1.29, 1.82) is 0 Å². The lowest BCUT2D eigenvalue weighted by atomic mass is 10.2. The summed E-state index contributed by atoms with van der Waals surface area (Å²) >= 11 is 0. The van der Waals surface area contributed by atoms with Crippen molar-refractivity contribution in [1.82, 2.24) is 14.9 Å². The average molecular weight is 498 g/mol. The van der Waals surface area contributed by atoms with Gasteiger partial charge in [0.05, 0.1) is 36.8 Å². The number of amides is 1. The lowest BCUT2D eigenvalue weighted by Gasteiger charge is -2.29. The zero-order valence-electron chi connectivity index (χ0n) is 20.8. The minimum absolute atomic E-state index is 0.262. The fourth-order valence-corrected chi connectivity index (χ4v) is 4.47. The first kappa shape index (κ1) is 24.2. The van der Waals surface area contributed by atoms with Crippen molar-refractivity contribution in [2.75, 3.05) is 49.6 Å². The molecular formula is C26H32FN5O4. The van der Waals surface area contributed by atoms with Gasteiger partial charge in [-0.2, -0.15) is 0 Å². The van der Waals surface area contributed by atoms with Crippen LogP contribution < -0.4 is 15.0 Å². The number of halogens is 1. The molecule has 1 amide bonds. The Morgan fingerprint density at radius 1 is 1.14 bits per heavy atom. The number of carbonyl (C=O) groups is 1. The molecule has 2 aliphatic heterocycles. The minimum Gasteiger partial charge on any atom is -0.486 e. The highest BCUT2D eigenvalue weighted by Crippen LogP contribution is 2.26. The molecule has 5 rings (SSSR count). The molecule has 192 valence electrons. The number of aromatic amines is 1. The van der Waals surface area contributed by atoms with Crippen LogP contribution in [0, 0.1) is 5.82 Å². The van der Waals surface area contributed by atoms with Gasteiger partial charge < -0.3 is 34.3 Å². The first-order chi connectivity index (χ1) is 17.2. The number of H-pyrrole nitrogens is 1. The van der Waals surface area contributed by atoms with E-state index in [4.69, 9.17) is 14.2 Å². The monoisotopic (exact) mass is 497 g/mol. The van der Waals surface area contributed by atoms with Gasteiger partial charge >= 0.3 is 6.09 Å². The van der Waals surface area contributed by atoms with Crippen LogP contribution in [0.1, 0.15) is 20.8 Å². The molecule has 1 aromatic heterocycles. The normalized spacial score (nSPS) is 20.6. The largest absolute Gasteiger partial charge is 0.486 e. The van der Waals surface area contributed by atoms with Crippen LogP contribution in [0.4, 0.5) is 20.8 Å². The zero-order valence-corrected chi connectivity index (χ0v) is 20.8. The predicted molar refractivity (Wildman–Crippen MR) is 135 cm³/mol. The van der Waals surface area contributed by atoms with E-state index in [1.54, 1.807) is 11.0 Å². The van der Waals surface area contributed by atoms with Gasteiger partial charge in [-0.15, -0.1) is 0 Å². The highest BCUT2D eigenvalue weighted by molar-refractivity contribution is 5.77. The van der Waals surface area contributed by atoms with E-state index >= 15 is 0 Å². The second-order valence-electron chi connectivity index (χ2n) is 10.1. The molecule has 0 radical (unpaired) electrons. The summed E-state index contributed by atoms with van der Waals surface area (Å²) in [5.74, 6) is 0.862. The van der Waals surface area contributed by atoms with Gasteiger partial charge in [-0.05, 0) is 63.2 Å². The van der Waals surface area contributed by atoms with E-state index < -0.39 is 11.7 Å². The van der Waals surface area contributed by atoms with Crippen molar-refractivity contribution in [3.8, 4) is 5.75 Å². The summed E-state index contributed by atoms with van der Waals surface area (Å²) in [6.45, 7) is 9.42. The fourth-order valence-electron chi connectivity index (χ4n) is 4.47. The smallest absolute Gasteiger partial charge is 0.410 e. The number of ether oxygens (including phenoxy) is 3. The molecule has 0 aliphatic carbocycles. The summed E-state index contributed by atoms with van der Waals surface area (Å²) in [7, 11) is 0. The molecule has 2 aliphatic rings. The maximum Gasteiger partial charge on any atom is 0.410 e. The zero-order chi connectivity index (χ0) is 25.3. The van der Waals surface area contributed by atoms with Gasteiger partial charge in [-0.1, -0.05) is 0 Å². The van der Waals surface area contributed by atoms with Crippen LogP contribution in [0.5, 0.6) is 5.75 Å². The summed E-state index contributed by atoms with van der Waals surface area (Å²) in [5.41, 5.74) is 1.77. The van der Waals surface area contributed by atoms with Gasteiger partial charge in [0.15, 0.2) is 0 Å². The quantitative estimate of drug-likeness (QED) is 0.550. The molecule has 9 nitrogen and oxygen atoms in total. The highest BCUT2D eigenvalue weighted by Gasteiger charge is 2.39. The Hall–Kier alpha value is -3.53. The standard InChI is InChI=1S/C26H32FN5O4/c1-26(2,3)36-25(33)32-15-22(30-24-28-20-9-4-17(27)14-21(20)29-24)23(16-32)35-19-7-5-18(6-8-19)31-10-12-34-13-11-31/h4-9,14,22-23H,10-13,15-16H2,1-3H3,(H2,28,29,30)/t22-,23-/m0/s1. The molecule has 0 unspecified atom stereocenters. The Labute approximate surface area is 209 Å². The van der Waals surface area contributed by atoms with Crippen LogP contribution in [0.2, 0.25) is 0 Å². The SMILES string of the molecule is CC(C)(C)OC(=O)N1C[C@H](Nc2nc3ccc(F)cc3[nH]2)[C@@H](Oc2ccc(N3CCOCC3)cc2)C1. The molecule has 2 fully saturated rings. The minimum atomic E-state index is -0.600. The number of anilines is 2. The van der Waals surface area contributed by atoms with Gasteiger partial charge in [0.2, 0.25) is 5.95 Å². The molecule has 10 heteroatoms. The van der Waals surface area contributed by atoms with Gasteiger partial charge in [0.25, 0.3) is 0 Å². The Bertz CT molecular complexity index is 1200. The van der Waals surface area contributed by atoms with Crippen LogP contribution >= 0.6 is 0 Å². The Morgan fingerprint density at radius 2 is 1.89 bits per heavy atom. The number of nitrogens with zero attached hydrogens (tertiary/aromatic N) is 3. The summed E-state index contributed by atoms with van der Waals surface area (Å²) in [4.78, 5) is 24.3. The third-order valence-corrected chi connectivity index (χ3v) is 6.18. The molecule has 0 bridgehead atoms. The van der Waals surface area contributed by atoms with Gasteiger partial charge in [-0.3, -0.25) is 0 Å². The molecular weight excluding hydrogens is 465 g/mol. The van der Waals surface area contributed by atoms with Crippen molar-refractivity contribution in [2.24, 2.45) is 0 Å². The van der Waals surface area contributed by atoms with Gasteiger partial charge in [0, 0.05) is 25.3 Å². The van der Waals surface area contributed by atoms with E-state index in [1.165, 1.54) is 12.1 Å². The third kappa shape index (κ3) is 5.64. The lowest BCUT2D eigenvalue weighted by molar-refractivity contribution is 0.0275. The molecule has 36 heavy (non-hydrogen) atoms. The number of nitrogens with one attached hydrogen (secondary N) is 2. The Kier molecular flexibility index (Phi) is 6.61. The number of morpholine rings is 1. The Balaban J connectivity index is 1.32. The third-order valence-electron chi connectivity index (χ3n) is 6.18. The maximum absolute atomic E-state index is 13.6. The molecule has 2 aromatic carbocycles. The number of benzene rings is 2. The van der Waals surface area contributed by atoms with Crippen LogP contribution in [-0.2, 0) is 9.47 Å². The van der Waals surface area contributed by atoms with Crippen molar-refractivity contribution >= 4 is 28.8 Å². The first-order valence-corrected chi connectivity index (χ1v) is 12.2. The summed E-state index contributed by atoms with van der Waals surface area (Å²) in [6, 6.07) is 12.1. The molecule has 2 N–H and O–H groups in total. The molecule has 2 saturated heterocycles. The van der Waals surface area contributed by atoms with E-state index in [-0.39, 0.29) is 18.0 Å². The van der Waals surface area contributed by atoms with E-state index in [1.807, 2.05) is 45.0 Å². The number of likely N-dealkylation sites (tertiary alicyclic amines) is 1. The molecule has 0 spiro atoms. The predicted octanol–water partition coefficient (Wildman–Crippen LogP) is 4.02. The second-order valence-corrected chi connectivity index (χ2v) is 10.1. The van der Waals surface area contributed by atoms with Gasteiger partial charge in [0.1, 0.15) is 23.3 Å². The average Bonchev–Trinajstić information content (AvgIpc) is 3.42. The van der Waals surface area contributed by atoms with Gasteiger partial charge in [-0.25, -0.2) is 14.2 Å².